The van der Waals surface area contributed by atoms with Gasteiger partial charge in [0, 0.05) is 22.3 Å². The minimum Gasteiger partial charge on any atom is -0.504 e. The third-order valence-electron chi connectivity index (χ3n) is 7.27. The first-order valence-corrected chi connectivity index (χ1v) is 17.0. The number of nitrogens with zero attached hydrogens (tertiary/aromatic N) is 6. The van der Waals surface area contributed by atoms with Crippen molar-refractivity contribution in [1.82, 2.24) is 0 Å². The summed E-state index contributed by atoms with van der Waals surface area (Å²) in [6.45, 7) is 0.172. The average molecular weight is 805 g/mol. The SMILES string of the molecule is COc1cccc(N=COCCO/N=C/c2ccc(/C=N/OCCO/N=C/c3ccc(/C=N/OCCOC=Nc4cccc(OC)c4O)c(O)c3O)c(O)c2O)c1O. The van der Waals surface area contributed by atoms with Crippen molar-refractivity contribution in [2.75, 3.05) is 53.9 Å². The summed E-state index contributed by atoms with van der Waals surface area (Å²) in [6, 6.07) is 15.6. The number of methoxy groups -OCH3 is 2. The van der Waals surface area contributed by atoms with Crippen LogP contribution in [0.1, 0.15) is 22.3 Å². The fraction of sp³-hybridized carbons (Fsp3) is 0.211. The van der Waals surface area contributed by atoms with Gasteiger partial charge in [-0.3, -0.25) is 0 Å². The molecule has 0 saturated heterocycles. The first-order valence-electron chi connectivity index (χ1n) is 17.0. The number of aromatic hydroxyl groups is 6. The zero-order chi connectivity index (χ0) is 41.5. The van der Waals surface area contributed by atoms with Crippen LogP contribution < -0.4 is 9.47 Å². The third-order valence-corrected chi connectivity index (χ3v) is 7.27. The Morgan fingerprint density at radius 2 is 0.724 bits per heavy atom. The van der Waals surface area contributed by atoms with Gasteiger partial charge in [-0.05, 0) is 48.5 Å². The highest BCUT2D eigenvalue weighted by Crippen LogP contribution is 2.36. The van der Waals surface area contributed by atoms with Crippen LogP contribution >= 0.6 is 0 Å². The molecule has 4 aromatic rings. The molecule has 0 aliphatic carbocycles. The predicted octanol–water partition coefficient (Wildman–Crippen LogP) is 4.79. The van der Waals surface area contributed by atoms with Gasteiger partial charge in [-0.2, -0.15) is 0 Å². The Balaban J connectivity index is 1.10. The highest BCUT2D eigenvalue weighted by molar-refractivity contribution is 5.91. The number of para-hydroxylation sites is 2. The van der Waals surface area contributed by atoms with Crippen molar-refractivity contribution in [3.8, 4) is 46.0 Å². The smallest absolute Gasteiger partial charge is 0.184 e. The van der Waals surface area contributed by atoms with E-state index in [4.69, 9.17) is 38.3 Å². The molecule has 20 nitrogen and oxygen atoms in total. The molecule has 306 valence electrons. The van der Waals surface area contributed by atoms with Crippen molar-refractivity contribution in [2.24, 2.45) is 30.6 Å². The molecule has 0 atom stereocenters. The minimum atomic E-state index is -0.467. The van der Waals surface area contributed by atoms with E-state index in [-0.39, 0.29) is 96.3 Å². The quantitative estimate of drug-likeness (QED) is 0.0194. The number of hydrogen-bond donors (Lipinski definition) is 6. The summed E-state index contributed by atoms with van der Waals surface area (Å²) in [5.74, 6) is -1.53. The second kappa shape index (κ2) is 23.1. The van der Waals surface area contributed by atoms with Gasteiger partial charge in [0.15, 0.2) is 85.2 Å². The van der Waals surface area contributed by atoms with E-state index in [1.165, 1.54) is 63.3 Å². The van der Waals surface area contributed by atoms with Gasteiger partial charge in [0.1, 0.15) is 24.6 Å². The van der Waals surface area contributed by atoms with Crippen LogP contribution in [0, 0.1) is 0 Å². The fourth-order valence-corrected chi connectivity index (χ4v) is 4.32. The van der Waals surface area contributed by atoms with Crippen LogP contribution in [0.2, 0.25) is 0 Å². The van der Waals surface area contributed by atoms with E-state index in [0.717, 1.165) is 12.8 Å². The Hall–Kier alpha value is -7.90. The largest absolute Gasteiger partial charge is 0.504 e. The Bertz CT molecular complexity index is 1970. The molecule has 4 rings (SSSR count). The number of aliphatic imine (C=N–C) groups is 2. The van der Waals surface area contributed by atoms with Crippen molar-refractivity contribution >= 4 is 49.0 Å². The molecule has 0 bridgehead atoms. The van der Waals surface area contributed by atoms with Gasteiger partial charge >= 0.3 is 0 Å². The molecule has 6 N–H and O–H groups in total. The van der Waals surface area contributed by atoms with Gasteiger partial charge in [-0.15, -0.1) is 0 Å². The van der Waals surface area contributed by atoms with E-state index in [1.54, 1.807) is 36.4 Å². The number of rotatable bonds is 23. The van der Waals surface area contributed by atoms with Crippen molar-refractivity contribution in [2.45, 2.75) is 0 Å². The van der Waals surface area contributed by atoms with Crippen molar-refractivity contribution < 1.29 is 68.9 Å². The van der Waals surface area contributed by atoms with Crippen molar-refractivity contribution in [3.63, 3.8) is 0 Å². The summed E-state index contributed by atoms with van der Waals surface area (Å²) in [5.41, 5.74) is 1.18. The van der Waals surface area contributed by atoms with E-state index in [0.29, 0.717) is 0 Å². The molecule has 0 aliphatic rings. The lowest BCUT2D eigenvalue weighted by Crippen LogP contribution is -2.00. The van der Waals surface area contributed by atoms with Crippen LogP contribution in [0.25, 0.3) is 0 Å². The second-order valence-corrected chi connectivity index (χ2v) is 11.0. The highest BCUT2D eigenvalue weighted by atomic mass is 16.7. The number of benzene rings is 4. The van der Waals surface area contributed by atoms with Gasteiger partial charge in [-0.25, -0.2) is 9.98 Å². The summed E-state index contributed by atoms with van der Waals surface area (Å²) < 4.78 is 20.5. The lowest BCUT2D eigenvalue weighted by Gasteiger charge is -2.06. The summed E-state index contributed by atoms with van der Waals surface area (Å²) >= 11 is 0. The van der Waals surface area contributed by atoms with E-state index in [9.17, 15) is 30.6 Å². The normalized spacial score (nSPS) is 11.7. The molecule has 0 unspecified atom stereocenters. The topological polar surface area (TPSA) is 269 Å². The molecule has 0 radical (unpaired) electrons. The van der Waals surface area contributed by atoms with E-state index in [2.05, 4.69) is 30.6 Å². The number of phenols is 6. The molecular formula is C38H40N6O14. The fourth-order valence-electron chi connectivity index (χ4n) is 4.32. The van der Waals surface area contributed by atoms with Crippen molar-refractivity contribution in [1.29, 1.82) is 0 Å². The maximum Gasteiger partial charge on any atom is 0.184 e. The van der Waals surface area contributed by atoms with Gasteiger partial charge in [0.25, 0.3) is 0 Å². The van der Waals surface area contributed by atoms with E-state index >= 15 is 0 Å². The summed E-state index contributed by atoms with van der Waals surface area (Å²) in [7, 11) is 2.86. The van der Waals surface area contributed by atoms with Crippen LogP contribution in [0.3, 0.4) is 0 Å². The lowest BCUT2D eigenvalue weighted by molar-refractivity contribution is 0.0553. The summed E-state index contributed by atoms with van der Waals surface area (Å²) in [5, 5.41) is 76.2. The summed E-state index contributed by atoms with van der Waals surface area (Å²) in [4.78, 5) is 28.3. The average Bonchev–Trinajstić information content (AvgIpc) is 3.23. The van der Waals surface area contributed by atoms with Crippen LogP contribution in [-0.4, -0.2) is 122 Å². The van der Waals surface area contributed by atoms with Gasteiger partial charge < -0.3 is 68.9 Å². The van der Waals surface area contributed by atoms with E-state index < -0.39 is 23.0 Å². The molecule has 0 heterocycles. The van der Waals surface area contributed by atoms with Gasteiger partial charge in [0.2, 0.25) is 0 Å². The monoisotopic (exact) mass is 804 g/mol. The molecule has 4 aromatic carbocycles. The molecule has 0 spiro atoms. The molecular weight excluding hydrogens is 764 g/mol. The molecule has 0 aromatic heterocycles. The molecule has 58 heavy (non-hydrogen) atoms. The number of ether oxygens (including phenoxy) is 4. The first-order chi connectivity index (χ1) is 28.2. The number of oxime groups is 4. The van der Waals surface area contributed by atoms with E-state index in [1.807, 2.05) is 0 Å². The maximum atomic E-state index is 10.3. The summed E-state index contributed by atoms with van der Waals surface area (Å²) in [6.07, 6.45) is 7.05. The molecule has 0 saturated carbocycles. The Labute approximate surface area is 331 Å². The van der Waals surface area contributed by atoms with Crippen LogP contribution in [0.5, 0.6) is 46.0 Å². The van der Waals surface area contributed by atoms with Gasteiger partial charge in [0.05, 0.1) is 39.1 Å². The minimum absolute atomic E-state index is 0.0423. The van der Waals surface area contributed by atoms with Crippen LogP contribution in [0.4, 0.5) is 11.4 Å². The highest BCUT2D eigenvalue weighted by Gasteiger charge is 2.11. The standard InChI is InChI=1S/C38H40N6O14/c1-51-31-7-3-5-29(37(31)49)39-23-53-13-15-55-41-19-25-9-11-27(35(47)33(25)45)21-43-57-17-18-58-44-22-28-12-10-26(34(46)36(28)48)20-42-56-16-14-54-24-40-30-6-4-8-32(52-2)38(30)50/h3-12,19-24,45-50H,13-18H2,1-2H3/b39-23?,40-24?,41-19+,42-20+,43-21+,44-22+. The maximum absolute atomic E-state index is 10.3. The Morgan fingerprint density at radius 3 is 1.03 bits per heavy atom. The molecule has 0 aliphatic heterocycles. The molecule has 0 amide bonds. The lowest BCUT2D eigenvalue weighted by atomic mass is 10.1. The molecule has 20 heteroatoms. The van der Waals surface area contributed by atoms with Gasteiger partial charge in [-0.1, -0.05) is 32.8 Å². The molecule has 0 fully saturated rings. The Morgan fingerprint density at radius 1 is 0.414 bits per heavy atom. The second-order valence-electron chi connectivity index (χ2n) is 11.0. The zero-order valence-corrected chi connectivity index (χ0v) is 31.1. The van der Waals surface area contributed by atoms with Crippen LogP contribution in [0.15, 0.2) is 91.3 Å². The first kappa shape index (κ1) is 42.8. The number of hydrogen-bond acceptors (Lipinski definition) is 20. The number of phenolic OH excluding ortho intramolecular Hbond substituents is 6. The third kappa shape index (κ3) is 12.9. The zero-order valence-electron chi connectivity index (χ0n) is 31.1. The predicted molar refractivity (Wildman–Crippen MR) is 211 cm³/mol. The van der Waals surface area contributed by atoms with Crippen molar-refractivity contribution in [3.05, 3.63) is 82.9 Å². The Kier molecular flexibility index (Phi) is 17.1. The van der Waals surface area contributed by atoms with Crippen LogP contribution in [-0.2, 0) is 28.8 Å².